The van der Waals surface area contributed by atoms with Crippen molar-refractivity contribution in [3.63, 3.8) is 0 Å². The van der Waals surface area contributed by atoms with Gasteiger partial charge in [0.15, 0.2) is 0 Å². The first-order chi connectivity index (χ1) is 8.16. The molecule has 2 N–H and O–H groups in total. The molecule has 1 aromatic rings. The van der Waals surface area contributed by atoms with Gasteiger partial charge in [-0.2, -0.15) is 0 Å². The van der Waals surface area contributed by atoms with Crippen LogP contribution in [-0.2, 0) is 11.3 Å². The van der Waals surface area contributed by atoms with Gasteiger partial charge >= 0.3 is 0 Å². The third-order valence-corrected chi connectivity index (χ3v) is 3.22. The van der Waals surface area contributed by atoms with Gasteiger partial charge in [-0.05, 0) is 37.6 Å². The molecule has 1 aliphatic rings. The van der Waals surface area contributed by atoms with Gasteiger partial charge in [0.2, 0.25) is 5.91 Å². The quantitative estimate of drug-likeness (QED) is 0.812. The van der Waals surface area contributed by atoms with Crippen molar-refractivity contribution >= 4 is 5.91 Å². The average molecular weight is 236 g/mol. The fourth-order valence-corrected chi connectivity index (χ4v) is 1.95. The summed E-state index contributed by atoms with van der Waals surface area (Å²) in [7, 11) is 1.85. The van der Waals surface area contributed by atoms with Gasteiger partial charge in [0.05, 0.1) is 5.41 Å². The lowest BCUT2D eigenvalue weighted by molar-refractivity contribution is -0.126. The molecule has 0 spiro atoms. The monoisotopic (exact) mass is 236 g/mol. The Labute approximate surface area is 100 Å². The summed E-state index contributed by atoms with van der Waals surface area (Å²) in [6.07, 6.45) is 1.90. The van der Waals surface area contributed by atoms with Crippen LogP contribution in [0.5, 0.6) is 0 Å². The van der Waals surface area contributed by atoms with Crippen LogP contribution < -0.4 is 10.6 Å². The highest BCUT2D eigenvalue weighted by Gasteiger charge is 2.48. The van der Waals surface area contributed by atoms with E-state index in [2.05, 4.69) is 10.6 Å². The molecule has 2 rings (SSSR count). The summed E-state index contributed by atoms with van der Waals surface area (Å²) in [5.41, 5.74) is 0.717. The minimum absolute atomic E-state index is 0.0937. The number of hydrogen-bond donors (Lipinski definition) is 2. The molecule has 0 unspecified atom stereocenters. The van der Waals surface area contributed by atoms with Crippen LogP contribution in [-0.4, -0.2) is 19.5 Å². The number of rotatable bonds is 5. The topological polar surface area (TPSA) is 41.1 Å². The molecule has 1 aromatic carbocycles. The summed E-state index contributed by atoms with van der Waals surface area (Å²) >= 11 is 0. The van der Waals surface area contributed by atoms with E-state index < -0.39 is 0 Å². The van der Waals surface area contributed by atoms with E-state index in [1.807, 2.05) is 7.05 Å². The molecule has 0 atom stereocenters. The van der Waals surface area contributed by atoms with Gasteiger partial charge < -0.3 is 10.6 Å². The molecule has 0 radical (unpaired) electrons. The summed E-state index contributed by atoms with van der Waals surface area (Å²) in [5, 5.41) is 5.95. The summed E-state index contributed by atoms with van der Waals surface area (Å²) < 4.78 is 12.7. The van der Waals surface area contributed by atoms with Gasteiger partial charge in [0, 0.05) is 13.1 Å². The van der Waals surface area contributed by atoms with E-state index in [1.165, 1.54) is 12.1 Å². The molecule has 1 amide bonds. The predicted molar refractivity (Wildman–Crippen MR) is 63.8 cm³/mol. The average Bonchev–Trinajstić information content (AvgIpc) is 3.09. The highest BCUT2D eigenvalue weighted by molar-refractivity contribution is 5.85. The third-order valence-electron chi connectivity index (χ3n) is 3.22. The molecule has 3 nitrogen and oxygen atoms in total. The number of halogens is 1. The van der Waals surface area contributed by atoms with Crippen LogP contribution in [0.15, 0.2) is 24.3 Å². The molecule has 0 bridgehead atoms. The molecule has 0 aromatic heterocycles. The fraction of sp³-hybridized carbons (Fsp3) is 0.462. The molecule has 0 saturated heterocycles. The van der Waals surface area contributed by atoms with E-state index >= 15 is 0 Å². The van der Waals surface area contributed by atoms with E-state index in [1.54, 1.807) is 12.1 Å². The number of amides is 1. The summed E-state index contributed by atoms with van der Waals surface area (Å²) in [5.74, 6) is -0.162. The molecule has 92 valence electrons. The summed E-state index contributed by atoms with van der Waals surface area (Å²) in [4.78, 5) is 11.9. The second kappa shape index (κ2) is 4.84. The van der Waals surface area contributed by atoms with Crippen LogP contribution >= 0.6 is 0 Å². The highest BCUT2D eigenvalue weighted by Crippen LogP contribution is 2.45. The van der Waals surface area contributed by atoms with Gasteiger partial charge in [0.1, 0.15) is 5.82 Å². The van der Waals surface area contributed by atoms with Gasteiger partial charge in [-0.25, -0.2) is 4.39 Å². The van der Waals surface area contributed by atoms with Crippen LogP contribution in [0.4, 0.5) is 4.39 Å². The Bertz CT molecular complexity index is 398. The molecule has 1 fully saturated rings. The molecule has 17 heavy (non-hydrogen) atoms. The number of nitrogens with one attached hydrogen (secondary N) is 2. The smallest absolute Gasteiger partial charge is 0.227 e. The van der Waals surface area contributed by atoms with Gasteiger partial charge in [-0.1, -0.05) is 12.1 Å². The second-order valence-electron chi connectivity index (χ2n) is 4.62. The minimum atomic E-state index is -0.256. The Balaban J connectivity index is 1.86. The first-order valence-electron chi connectivity index (χ1n) is 5.84. The lowest BCUT2D eigenvalue weighted by Gasteiger charge is -2.14. The molecule has 0 heterocycles. The van der Waals surface area contributed by atoms with E-state index in [0.29, 0.717) is 6.54 Å². The second-order valence-corrected chi connectivity index (χ2v) is 4.62. The first kappa shape index (κ1) is 12.0. The van der Waals surface area contributed by atoms with Crippen molar-refractivity contribution in [2.45, 2.75) is 19.4 Å². The van der Waals surface area contributed by atoms with Crippen LogP contribution in [0.2, 0.25) is 0 Å². The SMILES string of the molecule is CNCC1(C(=O)NCc2ccc(F)cc2)CC1. The van der Waals surface area contributed by atoms with Gasteiger partial charge in [-0.3, -0.25) is 4.79 Å². The van der Waals surface area contributed by atoms with E-state index in [9.17, 15) is 9.18 Å². The Hall–Kier alpha value is -1.42. The number of benzene rings is 1. The first-order valence-corrected chi connectivity index (χ1v) is 5.84. The minimum Gasteiger partial charge on any atom is -0.352 e. The zero-order valence-corrected chi connectivity index (χ0v) is 9.92. The normalized spacial score (nSPS) is 16.6. The highest BCUT2D eigenvalue weighted by atomic mass is 19.1. The van der Waals surface area contributed by atoms with E-state index in [-0.39, 0.29) is 17.1 Å². The maximum Gasteiger partial charge on any atom is 0.227 e. The van der Waals surface area contributed by atoms with E-state index in [4.69, 9.17) is 0 Å². The number of carbonyl (C=O) groups is 1. The fourth-order valence-electron chi connectivity index (χ4n) is 1.95. The Kier molecular flexibility index (Phi) is 3.43. The van der Waals surface area contributed by atoms with E-state index in [0.717, 1.165) is 24.9 Å². The maximum absolute atomic E-state index is 12.7. The van der Waals surface area contributed by atoms with Crippen molar-refractivity contribution in [2.24, 2.45) is 5.41 Å². The van der Waals surface area contributed by atoms with Crippen molar-refractivity contribution in [1.29, 1.82) is 0 Å². The molecule has 0 aliphatic heterocycles. The van der Waals surface area contributed by atoms with Crippen LogP contribution in [0, 0.1) is 11.2 Å². The zero-order valence-electron chi connectivity index (χ0n) is 9.92. The van der Waals surface area contributed by atoms with Crippen LogP contribution in [0.1, 0.15) is 18.4 Å². The predicted octanol–water partition coefficient (Wildman–Crippen LogP) is 1.44. The van der Waals surface area contributed by atoms with Crippen LogP contribution in [0.3, 0.4) is 0 Å². The number of hydrogen-bond acceptors (Lipinski definition) is 2. The summed E-state index contributed by atoms with van der Waals surface area (Å²) in [6, 6.07) is 6.18. The Morgan fingerprint density at radius 1 is 1.35 bits per heavy atom. The lowest BCUT2D eigenvalue weighted by atomic mass is 10.1. The van der Waals surface area contributed by atoms with Crippen molar-refractivity contribution in [3.8, 4) is 0 Å². The van der Waals surface area contributed by atoms with Crippen LogP contribution in [0.25, 0.3) is 0 Å². The maximum atomic E-state index is 12.7. The van der Waals surface area contributed by atoms with Crippen molar-refractivity contribution in [1.82, 2.24) is 10.6 Å². The molecule has 1 aliphatic carbocycles. The molecule has 4 heteroatoms. The molecular formula is C13H17FN2O. The molecular weight excluding hydrogens is 219 g/mol. The van der Waals surface area contributed by atoms with Gasteiger partial charge in [0.25, 0.3) is 0 Å². The zero-order chi connectivity index (χ0) is 12.3. The van der Waals surface area contributed by atoms with Crippen molar-refractivity contribution in [2.75, 3.05) is 13.6 Å². The Morgan fingerprint density at radius 3 is 2.53 bits per heavy atom. The van der Waals surface area contributed by atoms with Crippen molar-refractivity contribution < 1.29 is 9.18 Å². The number of carbonyl (C=O) groups excluding carboxylic acids is 1. The van der Waals surface area contributed by atoms with Crippen molar-refractivity contribution in [3.05, 3.63) is 35.6 Å². The third kappa shape index (κ3) is 2.82. The van der Waals surface area contributed by atoms with Gasteiger partial charge in [-0.15, -0.1) is 0 Å². The Morgan fingerprint density at radius 2 is 2.00 bits per heavy atom. The largest absolute Gasteiger partial charge is 0.352 e. The molecule has 1 saturated carbocycles. The lowest BCUT2D eigenvalue weighted by Crippen LogP contribution is -2.37. The summed E-state index contributed by atoms with van der Waals surface area (Å²) in [6.45, 7) is 1.19. The standard InChI is InChI=1S/C13H17FN2O/c1-15-9-13(6-7-13)12(17)16-8-10-2-4-11(14)5-3-10/h2-5,15H,6-9H2,1H3,(H,16,17).